The van der Waals surface area contributed by atoms with E-state index in [2.05, 4.69) is 15.6 Å². The summed E-state index contributed by atoms with van der Waals surface area (Å²) in [6, 6.07) is 13.2. The molecule has 0 aliphatic carbocycles. The number of nitrogens with one attached hydrogen (secondary N) is 2. The van der Waals surface area contributed by atoms with Crippen LogP contribution in [-0.4, -0.2) is 52.5 Å². The second kappa shape index (κ2) is 13.0. The first-order valence-corrected chi connectivity index (χ1v) is 11.4. The number of thiophene rings is 1. The van der Waals surface area contributed by atoms with Crippen molar-refractivity contribution in [3.8, 4) is 5.75 Å². The van der Waals surface area contributed by atoms with E-state index >= 15 is 0 Å². The van der Waals surface area contributed by atoms with Gasteiger partial charge in [0, 0.05) is 32.1 Å². The van der Waals surface area contributed by atoms with Gasteiger partial charge >= 0.3 is 0 Å². The maximum absolute atomic E-state index is 12.2. The molecule has 0 spiro atoms. The van der Waals surface area contributed by atoms with Crippen LogP contribution in [0.2, 0.25) is 0 Å². The molecule has 2 N–H and O–H groups in total. The van der Waals surface area contributed by atoms with E-state index in [1.807, 2.05) is 43.3 Å². The molecule has 2 rings (SSSR count). The Morgan fingerprint density at radius 1 is 1.14 bits per heavy atom. The molecular weight excluding hydrogens is 523 g/mol. The molecule has 0 unspecified atom stereocenters. The Morgan fingerprint density at radius 3 is 2.52 bits per heavy atom. The first-order chi connectivity index (χ1) is 13.4. The van der Waals surface area contributed by atoms with Gasteiger partial charge in [-0.25, -0.2) is 17.7 Å². The molecule has 0 saturated heterocycles. The monoisotopic (exact) mass is 552 g/mol. The van der Waals surface area contributed by atoms with E-state index in [0.29, 0.717) is 23.3 Å². The molecule has 1 aromatic carbocycles. The minimum Gasteiger partial charge on any atom is -0.494 e. The van der Waals surface area contributed by atoms with Crippen molar-refractivity contribution in [2.24, 2.45) is 4.99 Å². The summed E-state index contributed by atoms with van der Waals surface area (Å²) in [6.45, 7) is 4.51. The van der Waals surface area contributed by atoms with Crippen molar-refractivity contribution in [2.45, 2.75) is 24.1 Å². The zero-order valence-electron chi connectivity index (χ0n) is 16.9. The quantitative estimate of drug-likeness (QED) is 0.205. The highest BCUT2D eigenvalue weighted by Gasteiger charge is 2.19. The third-order valence-corrected chi connectivity index (χ3v) is 7.09. The third kappa shape index (κ3) is 8.49. The molecule has 0 aliphatic heterocycles. The van der Waals surface area contributed by atoms with E-state index < -0.39 is 10.0 Å². The molecule has 0 aliphatic rings. The maximum Gasteiger partial charge on any atom is 0.252 e. The SMILES string of the molecule is CCNC(=NCc1ccc(S(=O)(=O)N(C)C)s1)NCCCOc1ccccc1.I. The van der Waals surface area contributed by atoms with E-state index in [1.54, 1.807) is 6.07 Å². The Kier molecular flexibility index (Phi) is 11.5. The van der Waals surface area contributed by atoms with Crippen LogP contribution in [-0.2, 0) is 16.6 Å². The Bertz CT molecular complexity index is 855. The zero-order chi connectivity index (χ0) is 20.4. The third-order valence-electron chi connectivity index (χ3n) is 3.73. The van der Waals surface area contributed by atoms with Crippen molar-refractivity contribution in [1.29, 1.82) is 0 Å². The van der Waals surface area contributed by atoms with Crippen LogP contribution in [0.4, 0.5) is 0 Å². The fourth-order valence-corrected chi connectivity index (χ4v) is 4.70. The standard InChI is InChI=1S/C19H28N4O3S2.HI/c1-4-20-19(21-13-8-14-26-16-9-6-5-7-10-16)22-15-17-11-12-18(27-17)28(24,25)23(2)3;/h5-7,9-12H,4,8,13-15H2,1-3H3,(H2,20,21,22);1H. The van der Waals surface area contributed by atoms with Crippen LogP contribution in [0, 0.1) is 0 Å². The number of aliphatic imine (C=N–C) groups is 1. The van der Waals surface area contributed by atoms with Gasteiger partial charge in [-0.05, 0) is 37.6 Å². The number of para-hydroxylation sites is 1. The van der Waals surface area contributed by atoms with Gasteiger partial charge in [-0.2, -0.15) is 0 Å². The van der Waals surface area contributed by atoms with Gasteiger partial charge in [0.15, 0.2) is 5.96 Å². The van der Waals surface area contributed by atoms with E-state index in [0.717, 1.165) is 30.1 Å². The topological polar surface area (TPSA) is 83.0 Å². The average Bonchev–Trinajstić information content (AvgIpc) is 3.16. The van der Waals surface area contributed by atoms with Crippen LogP contribution in [0.25, 0.3) is 0 Å². The van der Waals surface area contributed by atoms with Gasteiger partial charge in [0.1, 0.15) is 9.96 Å². The summed E-state index contributed by atoms with van der Waals surface area (Å²) in [5.41, 5.74) is 0. The molecule has 1 aromatic heterocycles. The molecule has 2 aromatic rings. The van der Waals surface area contributed by atoms with E-state index in [1.165, 1.54) is 29.7 Å². The smallest absolute Gasteiger partial charge is 0.252 e. The molecule has 0 fully saturated rings. The summed E-state index contributed by atoms with van der Waals surface area (Å²) >= 11 is 1.25. The van der Waals surface area contributed by atoms with E-state index in [-0.39, 0.29) is 24.0 Å². The first-order valence-electron chi connectivity index (χ1n) is 9.14. The average molecular weight is 553 g/mol. The number of nitrogens with zero attached hydrogens (tertiary/aromatic N) is 2. The highest BCUT2D eigenvalue weighted by Crippen LogP contribution is 2.24. The molecule has 1 heterocycles. The van der Waals surface area contributed by atoms with Gasteiger partial charge in [0.25, 0.3) is 10.0 Å². The summed E-state index contributed by atoms with van der Waals surface area (Å²) in [5.74, 6) is 1.57. The Morgan fingerprint density at radius 2 is 1.86 bits per heavy atom. The molecule has 0 bridgehead atoms. The van der Waals surface area contributed by atoms with Crippen LogP contribution in [0.5, 0.6) is 5.75 Å². The van der Waals surface area contributed by atoms with Gasteiger partial charge < -0.3 is 15.4 Å². The molecule has 10 heteroatoms. The van der Waals surface area contributed by atoms with Crippen LogP contribution < -0.4 is 15.4 Å². The van der Waals surface area contributed by atoms with Crippen molar-refractivity contribution in [1.82, 2.24) is 14.9 Å². The van der Waals surface area contributed by atoms with Gasteiger partial charge in [-0.3, -0.25) is 0 Å². The molecular formula is C19H29IN4O3S2. The van der Waals surface area contributed by atoms with Gasteiger partial charge in [0.05, 0.1) is 13.2 Å². The number of benzene rings is 1. The van der Waals surface area contributed by atoms with E-state index in [4.69, 9.17) is 4.74 Å². The predicted molar refractivity (Wildman–Crippen MR) is 130 cm³/mol. The Hall–Kier alpha value is -1.37. The Labute approximate surface area is 194 Å². The number of guanidine groups is 1. The number of sulfonamides is 1. The second-order valence-electron chi connectivity index (χ2n) is 6.15. The summed E-state index contributed by atoms with van der Waals surface area (Å²) in [6.07, 6.45) is 0.837. The normalized spacial score (nSPS) is 11.8. The summed E-state index contributed by atoms with van der Waals surface area (Å²) in [7, 11) is -0.331. The van der Waals surface area contributed by atoms with Crippen molar-refractivity contribution in [2.75, 3.05) is 33.8 Å². The van der Waals surface area contributed by atoms with E-state index in [9.17, 15) is 8.42 Å². The predicted octanol–water partition coefficient (Wildman–Crippen LogP) is 3.14. The minimum absolute atomic E-state index is 0. The highest BCUT2D eigenvalue weighted by atomic mass is 127. The lowest BCUT2D eigenvalue weighted by molar-refractivity contribution is 0.311. The van der Waals surface area contributed by atoms with Crippen molar-refractivity contribution in [3.63, 3.8) is 0 Å². The molecule has 0 radical (unpaired) electrons. The first kappa shape index (κ1) is 25.7. The number of hydrogen-bond acceptors (Lipinski definition) is 5. The lowest BCUT2D eigenvalue weighted by atomic mass is 10.3. The van der Waals surface area contributed by atoms with Crippen molar-refractivity contribution in [3.05, 3.63) is 47.3 Å². The molecule has 29 heavy (non-hydrogen) atoms. The van der Waals surface area contributed by atoms with Crippen LogP contribution in [0.1, 0.15) is 18.2 Å². The zero-order valence-corrected chi connectivity index (χ0v) is 20.9. The fourth-order valence-electron chi connectivity index (χ4n) is 2.25. The second-order valence-corrected chi connectivity index (χ2v) is 9.69. The minimum atomic E-state index is -3.39. The fraction of sp³-hybridized carbons (Fsp3) is 0.421. The van der Waals surface area contributed by atoms with Gasteiger partial charge in [0.2, 0.25) is 0 Å². The summed E-state index contributed by atoms with van der Waals surface area (Å²) in [4.78, 5) is 5.43. The van der Waals surface area contributed by atoms with Gasteiger partial charge in [-0.1, -0.05) is 18.2 Å². The lowest BCUT2D eigenvalue weighted by Gasteiger charge is -2.11. The van der Waals surface area contributed by atoms with Crippen molar-refractivity contribution >= 4 is 51.3 Å². The lowest BCUT2D eigenvalue weighted by Crippen LogP contribution is -2.38. The highest BCUT2D eigenvalue weighted by molar-refractivity contribution is 14.0. The largest absolute Gasteiger partial charge is 0.494 e. The van der Waals surface area contributed by atoms with Crippen LogP contribution >= 0.6 is 35.3 Å². The Balaban J connectivity index is 0.00000420. The number of ether oxygens (including phenoxy) is 1. The van der Waals surface area contributed by atoms with Crippen molar-refractivity contribution < 1.29 is 13.2 Å². The molecule has 0 atom stereocenters. The molecule has 0 saturated carbocycles. The number of halogens is 1. The van der Waals surface area contributed by atoms with Gasteiger partial charge in [-0.15, -0.1) is 35.3 Å². The van der Waals surface area contributed by atoms with Crippen LogP contribution in [0.3, 0.4) is 0 Å². The summed E-state index contributed by atoms with van der Waals surface area (Å²) in [5, 5.41) is 6.46. The van der Waals surface area contributed by atoms with Crippen LogP contribution in [0.15, 0.2) is 51.7 Å². The summed E-state index contributed by atoms with van der Waals surface area (Å²) < 4.78 is 31.5. The number of hydrogen-bond donors (Lipinski definition) is 2. The number of rotatable bonds is 10. The molecule has 7 nitrogen and oxygen atoms in total. The molecule has 0 amide bonds. The maximum atomic E-state index is 12.2. The molecule has 162 valence electrons.